The van der Waals surface area contributed by atoms with Gasteiger partial charge in [0.05, 0.1) is 6.10 Å². The van der Waals surface area contributed by atoms with E-state index in [9.17, 15) is 0 Å². The summed E-state index contributed by atoms with van der Waals surface area (Å²) < 4.78 is 13.3. The van der Waals surface area contributed by atoms with Gasteiger partial charge in [0.25, 0.3) is 8.32 Å². The summed E-state index contributed by atoms with van der Waals surface area (Å²) >= 11 is 0. The number of benzene rings is 2. The van der Waals surface area contributed by atoms with Crippen molar-refractivity contribution >= 4 is 18.7 Å². The van der Waals surface area contributed by atoms with E-state index in [0.29, 0.717) is 18.6 Å². The Morgan fingerprint density at radius 3 is 2.04 bits per heavy atom. The van der Waals surface area contributed by atoms with Gasteiger partial charge in [0.15, 0.2) is 0 Å². The second kappa shape index (κ2) is 6.98. The lowest BCUT2D eigenvalue weighted by Gasteiger charge is -2.44. The topological polar surface area (TPSA) is 21.8 Å². The highest BCUT2D eigenvalue weighted by molar-refractivity contribution is 6.99. The molecule has 148 valence electrons. The van der Waals surface area contributed by atoms with Crippen molar-refractivity contribution in [3.8, 4) is 0 Å². The Morgan fingerprint density at radius 1 is 1.00 bits per heavy atom. The van der Waals surface area contributed by atoms with Crippen LogP contribution in [0.1, 0.15) is 41.0 Å². The molecular weight excluding hydrogens is 360 g/mol. The molecule has 2 nitrogen and oxygen atoms in total. The monoisotopic (exact) mass is 392 g/mol. The van der Waals surface area contributed by atoms with Gasteiger partial charge in [-0.2, -0.15) is 0 Å². The maximum absolute atomic E-state index is 7.16. The molecule has 0 saturated carbocycles. The molecule has 1 aliphatic carbocycles. The van der Waals surface area contributed by atoms with Gasteiger partial charge in [-0.05, 0) is 35.7 Å². The zero-order valence-corrected chi connectivity index (χ0v) is 18.7. The maximum atomic E-state index is 7.16. The highest BCUT2D eigenvalue weighted by atomic mass is 28.4. The Hall–Kier alpha value is -1.68. The van der Waals surface area contributed by atoms with Gasteiger partial charge < -0.3 is 9.16 Å². The summed E-state index contributed by atoms with van der Waals surface area (Å²) in [5.74, 6) is 0.327. The minimum absolute atomic E-state index is 0.00665. The standard InChI is InChI=1S/C25H32O2Si/c1-19-16-17-23-25(5,27-23)22(19)18-26-28(24(2,3)4,20-12-8-6-9-13-20)21-14-10-7-11-15-21/h6-16,22-23H,17-18H2,1-5H3/t22-,23-,25+/m1/s1. The van der Waals surface area contributed by atoms with Crippen LogP contribution in [0.4, 0.5) is 0 Å². The van der Waals surface area contributed by atoms with Crippen LogP contribution in [0, 0.1) is 5.92 Å². The van der Waals surface area contributed by atoms with Crippen LogP contribution >= 0.6 is 0 Å². The molecule has 0 spiro atoms. The zero-order chi connectivity index (χ0) is 20.0. The highest BCUT2D eigenvalue weighted by Gasteiger charge is 2.60. The van der Waals surface area contributed by atoms with Crippen LogP contribution in [0.2, 0.25) is 5.04 Å². The summed E-state index contributed by atoms with van der Waals surface area (Å²) in [6.07, 6.45) is 3.75. The van der Waals surface area contributed by atoms with Crippen LogP contribution in [0.25, 0.3) is 0 Å². The molecule has 3 atom stereocenters. The van der Waals surface area contributed by atoms with Crippen LogP contribution < -0.4 is 10.4 Å². The summed E-state index contributed by atoms with van der Waals surface area (Å²) in [5, 5.41) is 2.68. The molecule has 4 rings (SSSR count). The number of fused-ring (bicyclic) bond motifs is 1. The lowest BCUT2D eigenvalue weighted by Crippen LogP contribution is -2.67. The average molecular weight is 393 g/mol. The van der Waals surface area contributed by atoms with Gasteiger partial charge in [-0.15, -0.1) is 0 Å². The van der Waals surface area contributed by atoms with E-state index >= 15 is 0 Å². The first-order valence-electron chi connectivity index (χ1n) is 10.4. The molecule has 0 aromatic heterocycles. The first-order valence-corrected chi connectivity index (χ1v) is 12.3. The molecule has 2 aromatic carbocycles. The first kappa shape index (κ1) is 19.6. The van der Waals surface area contributed by atoms with Gasteiger partial charge in [-0.1, -0.05) is 93.1 Å². The zero-order valence-electron chi connectivity index (χ0n) is 17.7. The predicted octanol–water partition coefficient (Wildman–Crippen LogP) is 4.69. The molecule has 0 unspecified atom stereocenters. The molecule has 0 amide bonds. The minimum Gasteiger partial charge on any atom is -0.407 e. The summed E-state index contributed by atoms with van der Waals surface area (Å²) in [5.41, 5.74) is 1.36. The van der Waals surface area contributed by atoms with E-state index in [4.69, 9.17) is 9.16 Å². The smallest absolute Gasteiger partial charge is 0.261 e. The van der Waals surface area contributed by atoms with Crippen molar-refractivity contribution < 1.29 is 9.16 Å². The van der Waals surface area contributed by atoms with E-state index in [1.807, 2.05) is 0 Å². The fourth-order valence-electron chi connectivity index (χ4n) is 5.02. The number of hydrogen-bond donors (Lipinski definition) is 0. The van der Waals surface area contributed by atoms with Crippen molar-refractivity contribution in [2.75, 3.05) is 6.61 Å². The van der Waals surface area contributed by atoms with Crippen LogP contribution in [0.5, 0.6) is 0 Å². The number of rotatable bonds is 5. The fraction of sp³-hybridized carbons (Fsp3) is 0.440. The second-order valence-electron chi connectivity index (χ2n) is 9.50. The lowest BCUT2D eigenvalue weighted by atomic mass is 9.80. The normalized spacial score (nSPS) is 27.1. The third-order valence-corrected chi connectivity index (χ3v) is 11.8. The Kier molecular flexibility index (Phi) is 4.89. The molecule has 0 bridgehead atoms. The average Bonchev–Trinajstić information content (AvgIpc) is 3.36. The van der Waals surface area contributed by atoms with E-state index in [1.54, 1.807) is 0 Å². The molecule has 2 aromatic rings. The summed E-state index contributed by atoms with van der Waals surface area (Å²) in [6.45, 7) is 12.2. The molecule has 1 heterocycles. The van der Waals surface area contributed by atoms with Gasteiger partial charge in [-0.25, -0.2) is 0 Å². The third kappa shape index (κ3) is 3.10. The molecule has 1 saturated heterocycles. The largest absolute Gasteiger partial charge is 0.407 e. The van der Waals surface area contributed by atoms with Crippen LogP contribution in [0.3, 0.4) is 0 Å². The maximum Gasteiger partial charge on any atom is 0.261 e. The van der Waals surface area contributed by atoms with Crippen LogP contribution in [-0.2, 0) is 9.16 Å². The van der Waals surface area contributed by atoms with E-state index in [2.05, 4.69) is 101 Å². The number of epoxide rings is 1. The van der Waals surface area contributed by atoms with Crippen molar-refractivity contribution in [1.29, 1.82) is 0 Å². The Morgan fingerprint density at radius 2 is 1.54 bits per heavy atom. The Labute approximate surface area is 170 Å². The molecule has 0 N–H and O–H groups in total. The predicted molar refractivity (Wildman–Crippen MR) is 119 cm³/mol. The summed E-state index contributed by atoms with van der Waals surface area (Å²) in [4.78, 5) is 0. The molecular formula is C25H32O2Si. The van der Waals surface area contributed by atoms with Crippen molar-refractivity contribution in [3.63, 3.8) is 0 Å². The van der Waals surface area contributed by atoms with Gasteiger partial charge >= 0.3 is 0 Å². The Bertz CT molecular complexity index is 814. The molecule has 0 radical (unpaired) electrons. The van der Waals surface area contributed by atoms with Crippen molar-refractivity contribution in [3.05, 3.63) is 72.3 Å². The van der Waals surface area contributed by atoms with Crippen molar-refractivity contribution in [1.82, 2.24) is 0 Å². The van der Waals surface area contributed by atoms with Gasteiger partial charge in [-0.3, -0.25) is 0 Å². The quantitative estimate of drug-likeness (QED) is 0.418. The van der Waals surface area contributed by atoms with E-state index in [0.717, 1.165) is 6.42 Å². The van der Waals surface area contributed by atoms with E-state index in [1.165, 1.54) is 15.9 Å². The minimum atomic E-state index is -2.49. The fourth-order valence-corrected chi connectivity index (χ4v) is 9.59. The van der Waals surface area contributed by atoms with Gasteiger partial charge in [0.1, 0.15) is 5.60 Å². The third-order valence-electron chi connectivity index (χ3n) is 6.76. The Balaban J connectivity index is 1.77. The molecule has 1 aliphatic heterocycles. The molecule has 2 aliphatic rings. The summed E-state index contributed by atoms with van der Waals surface area (Å²) in [7, 11) is -2.49. The van der Waals surface area contributed by atoms with Gasteiger partial charge in [0.2, 0.25) is 0 Å². The van der Waals surface area contributed by atoms with E-state index in [-0.39, 0.29) is 10.6 Å². The second-order valence-corrected chi connectivity index (χ2v) is 13.8. The molecule has 28 heavy (non-hydrogen) atoms. The SMILES string of the molecule is CC1=CC[C@H]2O[C@@]2(C)[C@@H]1CO[Si](c1ccccc1)(c1ccccc1)C(C)(C)C. The molecule has 1 fully saturated rings. The molecule has 3 heteroatoms. The van der Waals surface area contributed by atoms with Crippen molar-refractivity contribution in [2.45, 2.75) is 57.8 Å². The van der Waals surface area contributed by atoms with E-state index < -0.39 is 8.32 Å². The van der Waals surface area contributed by atoms with Gasteiger partial charge in [0, 0.05) is 12.5 Å². The number of ether oxygens (including phenoxy) is 1. The summed E-state index contributed by atoms with van der Waals surface area (Å²) in [6, 6.07) is 21.8. The lowest BCUT2D eigenvalue weighted by molar-refractivity contribution is 0.176. The number of hydrogen-bond acceptors (Lipinski definition) is 2. The van der Waals surface area contributed by atoms with Crippen LogP contribution in [0.15, 0.2) is 72.3 Å². The van der Waals surface area contributed by atoms with Crippen LogP contribution in [-0.4, -0.2) is 26.6 Å². The highest BCUT2D eigenvalue weighted by Crippen LogP contribution is 2.51. The first-order chi connectivity index (χ1) is 13.3. The van der Waals surface area contributed by atoms with Crippen molar-refractivity contribution in [2.24, 2.45) is 5.92 Å².